The number of halogens is 4. The molecule has 0 saturated carbocycles. The van der Waals surface area contributed by atoms with E-state index < -0.39 is 45.6 Å². The van der Waals surface area contributed by atoms with Gasteiger partial charge in [-0.15, -0.1) is 0 Å². The van der Waals surface area contributed by atoms with E-state index in [9.17, 15) is 8.78 Å². The number of amidine groups is 2. The molecule has 37 heavy (non-hydrogen) atoms. The molecule has 6 rings (SSSR count). The normalized spacial score (nSPS) is 11.7. The van der Waals surface area contributed by atoms with Crippen LogP contribution in [0.1, 0.15) is 11.1 Å². The van der Waals surface area contributed by atoms with Gasteiger partial charge < -0.3 is 25.9 Å². The molecule has 8 N–H and O–H groups in total. The molecule has 0 fully saturated rings. The lowest BCUT2D eigenvalue weighted by atomic mass is 10.1. The smallest absolute Gasteiger partial charge is 0.198 e. The molecule has 0 bridgehead atoms. The number of fused-ring (bicyclic) bond motifs is 3. The van der Waals surface area contributed by atoms with Crippen LogP contribution >= 0.6 is 0 Å². The summed E-state index contributed by atoms with van der Waals surface area (Å²) in [6.45, 7) is 0. The third-order valence-electron chi connectivity index (χ3n) is 5.94. The van der Waals surface area contributed by atoms with Crippen LogP contribution in [0.4, 0.5) is 17.6 Å². The SMILES string of the molecule is N=C(N)c1ccc2nc(-c3oc(-c4nc5ccc(C(=N)N)cc5[nH]4)c4c(F)c(F)c(F)c(F)c34)[nH]c2c1. The number of benzene rings is 3. The Morgan fingerprint density at radius 1 is 0.676 bits per heavy atom. The average molecular weight is 506 g/mol. The molecule has 0 amide bonds. The first-order valence-corrected chi connectivity index (χ1v) is 10.6. The molecule has 0 aliphatic carbocycles. The highest BCUT2D eigenvalue weighted by molar-refractivity contribution is 6.04. The fourth-order valence-corrected chi connectivity index (χ4v) is 4.17. The Labute approximate surface area is 203 Å². The Morgan fingerprint density at radius 3 is 1.46 bits per heavy atom. The van der Waals surface area contributed by atoms with Gasteiger partial charge in [0.15, 0.2) is 46.4 Å². The number of hydrogen-bond donors (Lipinski definition) is 6. The van der Waals surface area contributed by atoms with Crippen LogP contribution in [0.15, 0.2) is 40.8 Å². The Kier molecular flexibility index (Phi) is 4.60. The number of rotatable bonds is 4. The predicted molar refractivity (Wildman–Crippen MR) is 128 cm³/mol. The lowest BCUT2D eigenvalue weighted by Crippen LogP contribution is -2.10. The van der Waals surface area contributed by atoms with E-state index >= 15 is 8.78 Å². The molecule has 0 saturated heterocycles. The summed E-state index contributed by atoms with van der Waals surface area (Å²) in [6, 6.07) is 9.20. The van der Waals surface area contributed by atoms with Crippen LogP contribution in [0, 0.1) is 34.1 Å². The summed E-state index contributed by atoms with van der Waals surface area (Å²) in [6.07, 6.45) is 0. The number of H-pyrrole nitrogens is 2. The lowest BCUT2D eigenvalue weighted by Gasteiger charge is -2.01. The number of nitrogens with one attached hydrogen (secondary N) is 4. The molecule has 0 spiro atoms. The topological polar surface area (TPSA) is 170 Å². The summed E-state index contributed by atoms with van der Waals surface area (Å²) in [4.78, 5) is 14.3. The maximum absolute atomic E-state index is 15.1. The van der Waals surface area contributed by atoms with E-state index in [2.05, 4.69) is 19.9 Å². The summed E-state index contributed by atoms with van der Waals surface area (Å²) < 4.78 is 64.6. The van der Waals surface area contributed by atoms with Gasteiger partial charge in [-0.1, -0.05) is 0 Å². The summed E-state index contributed by atoms with van der Waals surface area (Å²) in [5.74, 6) is -8.76. The summed E-state index contributed by atoms with van der Waals surface area (Å²) in [5.41, 5.74) is 13.3. The highest BCUT2D eigenvalue weighted by atomic mass is 19.2. The minimum atomic E-state index is -2.01. The molecule has 3 aromatic carbocycles. The molecular formula is C24H14F4N8O. The third-order valence-corrected chi connectivity index (χ3v) is 5.94. The first-order chi connectivity index (χ1) is 17.6. The van der Waals surface area contributed by atoms with Crippen molar-refractivity contribution in [2.45, 2.75) is 0 Å². The number of imidazole rings is 2. The van der Waals surface area contributed by atoms with Gasteiger partial charge in [-0.05, 0) is 36.4 Å². The Hall–Kier alpha value is -5.20. The Balaban J connectivity index is 1.65. The zero-order valence-corrected chi connectivity index (χ0v) is 18.4. The van der Waals surface area contributed by atoms with Crippen LogP contribution in [0.5, 0.6) is 0 Å². The molecule has 3 aromatic heterocycles. The zero-order valence-electron chi connectivity index (χ0n) is 18.4. The number of nitrogen functional groups attached to an aromatic ring is 2. The first kappa shape index (κ1) is 22.3. The van der Waals surface area contributed by atoms with Gasteiger partial charge in [-0.2, -0.15) is 0 Å². The number of furan rings is 1. The van der Waals surface area contributed by atoms with Gasteiger partial charge >= 0.3 is 0 Å². The standard InChI is InChI=1S/C24H14F4N8O/c25-15-13-14(16(26)18(28)17(15)27)20(24-34-10-4-2-8(22(31)32)6-12(10)36-24)37-19(13)23-33-9-3-1-7(21(29)30)5-11(9)35-23/h1-6H,(H3,29,30)(H3,31,32)(H,33,35)(H,34,36). The average Bonchev–Trinajstić information content (AvgIpc) is 3.59. The van der Waals surface area contributed by atoms with Crippen LogP contribution in [0.3, 0.4) is 0 Å². The lowest BCUT2D eigenvalue weighted by molar-refractivity contribution is 0.418. The minimum Gasteiger partial charge on any atom is -0.448 e. The van der Waals surface area contributed by atoms with Crippen LogP contribution in [-0.2, 0) is 0 Å². The Bertz CT molecular complexity index is 1810. The predicted octanol–water partition coefficient (Wildman–Crippen LogP) is 4.64. The second kappa shape index (κ2) is 7.65. The van der Waals surface area contributed by atoms with E-state index in [0.717, 1.165) is 0 Å². The largest absolute Gasteiger partial charge is 0.448 e. The zero-order chi connectivity index (χ0) is 26.2. The molecule has 9 nitrogen and oxygen atoms in total. The van der Waals surface area contributed by atoms with Crippen molar-refractivity contribution < 1.29 is 22.0 Å². The van der Waals surface area contributed by atoms with E-state index in [1.54, 1.807) is 24.3 Å². The fraction of sp³-hybridized carbons (Fsp3) is 0. The molecule has 6 aromatic rings. The molecule has 0 unspecified atom stereocenters. The third kappa shape index (κ3) is 3.24. The molecule has 0 aliphatic rings. The molecule has 13 heteroatoms. The number of aromatic amines is 2. The van der Waals surface area contributed by atoms with Crippen molar-refractivity contribution in [2.24, 2.45) is 11.5 Å². The van der Waals surface area contributed by atoms with Crippen LogP contribution < -0.4 is 11.5 Å². The number of aromatic nitrogens is 4. The summed E-state index contributed by atoms with van der Waals surface area (Å²) in [5, 5.41) is 13.8. The summed E-state index contributed by atoms with van der Waals surface area (Å²) in [7, 11) is 0. The number of hydrogen-bond acceptors (Lipinski definition) is 5. The van der Waals surface area contributed by atoms with Gasteiger partial charge in [-0.25, -0.2) is 27.5 Å². The van der Waals surface area contributed by atoms with Crippen molar-refractivity contribution in [3.8, 4) is 23.2 Å². The van der Waals surface area contributed by atoms with Crippen molar-refractivity contribution in [1.29, 1.82) is 10.8 Å². The number of nitrogens with zero attached hydrogens (tertiary/aromatic N) is 2. The van der Waals surface area contributed by atoms with Crippen LogP contribution in [-0.4, -0.2) is 31.6 Å². The quantitative estimate of drug-likeness (QED) is 0.0671. The van der Waals surface area contributed by atoms with Crippen LogP contribution in [0.25, 0.3) is 56.0 Å². The maximum atomic E-state index is 15.1. The number of nitrogens with two attached hydrogens (primary N) is 2. The van der Waals surface area contributed by atoms with Gasteiger partial charge in [0, 0.05) is 11.1 Å². The van der Waals surface area contributed by atoms with Crippen molar-refractivity contribution in [2.75, 3.05) is 0 Å². The highest BCUT2D eigenvalue weighted by Gasteiger charge is 2.31. The molecule has 0 radical (unpaired) electrons. The van der Waals surface area contributed by atoms with Crippen molar-refractivity contribution in [3.63, 3.8) is 0 Å². The molecule has 184 valence electrons. The van der Waals surface area contributed by atoms with Crippen LogP contribution in [0.2, 0.25) is 0 Å². The van der Waals surface area contributed by atoms with Gasteiger partial charge in [0.05, 0.1) is 32.8 Å². The monoisotopic (exact) mass is 506 g/mol. The first-order valence-electron chi connectivity index (χ1n) is 10.6. The minimum absolute atomic E-state index is 0.105. The highest BCUT2D eigenvalue weighted by Crippen LogP contribution is 2.42. The molecule has 0 aliphatic heterocycles. The van der Waals surface area contributed by atoms with Crippen molar-refractivity contribution in [1.82, 2.24) is 19.9 Å². The fourth-order valence-electron chi connectivity index (χ4n) is 4.17. The van der Waals surface area contributed by atoms with Gasteiger partial charge in [0.1, 0.15) is 11.7 Å². The molecule has 0 atom stereocenters. The van der Waals surface area contributed by atoms with E-state index in [1.807, 2.05) is 0 Å². The summed E-state index contributed by atoms with van der Waals surface area (Å²) >= 11 is 0. The second-order valence-corrected chi connectivity index (χ2v) is 8.23. The van der Waals surface area contributed by atoms with Crippen molar-refractivity contribution >= 4 is 44.5 Å². The molecular weight excluding hydrogens is 492 g/mol. The van der Waals surface area contributed by atoms with Gasteiger partial charge in [-0.3, -0.25) is 10.8 Å². The van der Waals surface area contributed by atoms with Crippen molar-refractivity contribution in [3.05, 3.63) is 70.8 Å². The van der Waals surface area contributed by atoms with E-state index in [-0.39, 0.29) is 23.3 Å². The molecule has 3 heterocycles. The second-order valence-electron chi connectivity index (χ2n) is 8.23. The van der Waals surface area contributed by atoms with Gasteiger partial charge in [0.2, 0.25) is 0 Å². The van der Waals surface area contributed by atoms with Gasteiger partial charge in [0.25, 0.3) is 0 Å². The van der Waals surface area contributed by atoms with E-state index in [1.165, 1.54) is 12.1 Å². The maximum Gasteiger partial charge on any atom is 0.198 e. The van der Waals surface area contributed by atoms with E-state index in [0.29, 0.717) is 33.2 Å². The van der Waals surface area contributed by atoms with E-state index in [4.69, 9.17) is 26.7 Å². The Morgan fingerprint density at radius 2 is 1.08 bits per heavy atom.